The first kappa shape index (κ1) is 18.9. The van der Waals surface area contributed by atoms with Crippen LogP contribution in [-0.4, -0.2) is 29.3 Å². The Morgan fingerprint density at radius 2 is 2.11 bits per heavy atom. The van der Waals surface area contributed by atoms with Crippen LogP contribution in [-0.2, 0) is 16.0 Å². The second-order valence-electron chi connectivity index (χ2n) is 6.10. The van der Waals surface area contributed by atoms with E-state index in [1.54, 1.807) is 31.3 Å². The van der Waals surface area contributed by atoms with Crippen molar-refractivity contribution in [2.75, 3.05) is 6.61 Å². The highest BCUT2D eigenvalue weighted by Crippen LogP contribution is 2.38. The topological polar surface area (TPSA) is 68.3 Å². The number of carbonyl (C=O) groups excluding carboxylic acids is 2. The molecule has 0 saturated carbocycles. The Balaban J connectivity index is 1.96. The monoisotopic (exact) mass is 382 g/mol. The second-order valence-corrected chi connectivity index (χ2v) is 6.51. The first-order chi connectivity index (χ1) is 13.0. The van der Waals surface area contributed by atoms with E-state index in [-0.39, 0.29) is 11.7 Å². The Bertz CT molecular complexity index is 932. The van der Waals surface area contributed by atoms with Crippen LogP contribution in [0.3, 0.4) is 0 Å². The number of halogens is 1. The van der Waals surface area contributed by atoms with Crippen LogP contribution in [0.5, 0.6) is 5.75 Å². The lowest BCUT2D eigenvalue weighted by molar-refractivity contribution is -0.124. The van der Waals surface area contributed by atoms with Gasteiger partial charge in [-0.05, 0) is 38.1 Å². The zero-order chi connectivity index (χ0) is 19.4. The van der Waals surface area contributed by atoms with Crippen LogP contribution in [0, 0.1) is 11.8 Å². The molecule has 1 aliphatic heterocycles. The number of aromatic nitrogens is 1. The number of amides is 1. The van der Waals surface area contributed by atoms with Gasteiger partial charge in [0.2, 0.25) is 5.91 Å². The Morgan fingerprint density at radius 1 is 1.30 bits per heavy atom. The molecule has 2 atom stereocenters. The molecule has 1 saturated heterocycles. The number of carbonyl (C=O) groups is 2. The fourth-order valence-electron chi connectivity index (χ4n) is 3.17. The highest BCUT2D eigenvalue weighted by molar-refractivity contribution is 6.33. The molecular weight excluding hydrogens is 364 g/mol. The summed E-state index contributed by atoms with van der Waals surface area (Å²) in [5.41, 5.74) is 1.80. The predicted octanol–water partition coefficient (Wildman–Crippen LogP) is 2.90. The van der Waals surface area contributed by atoms with Crippen molar-refractivity contribution in [3.05, 3.63) is 58.4 Å². The van der Waals surface area contributed by atoms with Gasteiger partial charge in [0.05, 0.1) is 12.6 Å². The Labute approximate surface area is 163 Å². The Hall–Kier alpha value is -2.84. The molecule has 1 fully saturated rings. The van der Waals surface area contributed by atoms with Crippen molar-refractivity contribution in [2.24, 2.45) is 0 Å². The van der Waals surface area contributed by atoms with Crippen LogP contribution >= 0.6 is 11.6 Å². The van der Waals surface area contributed by atoms with Crippen LogP contribution < -0.4 is 10.1 Å². The number of nitrogens with one attached hydrogen (secondary N) is 1. The average Bonchev–Trinajstić information content (AvgIpc) is 2.90. The molecule has 1 aliphatic rings. The van der Waals surface area contributed by atoms with Crippen LogP contribution in [0.1, 0.15) is 36.6 Å². The molecule has 1 amide bonds. The quantitative estimate of drug-likeness (QED) is 0.637. The zero-order valence-electron chi connectivity index (χ0n) is 15.1. The number of ketones is 1. The van der Waals surface area contributed by atoms with Crippen LogP contribution in [0.15, 0.2) is 36.5 Å². The number of pyridine rings is 1. The van der Waals surface area contributed by atoms with Crippen LogP contribution in [0.2, 0.25) is 5.02 Å². The third kappa shape index (κ3) is 3.96. The van der Waals surface area contributed by atoms with Crippen molar-refractivity contribution < 1.29 is 14.3 Å². The van der Waals surface area contributed by atoms with Gasteiger partial charge in [0.15, 0.2) is 5.78 Å². The van der Waals surface area contributed by atoms with Gasteiger partial charge >= 0.3 is 0 Å². The summed E-state index contributed by atoms with van der Waals surface area (Å²) in [6.07, 6.45) is 1.99. The molecule has 0 bridgehead atoms. The molecule has 6 heteroatoms. The minimum absolute atomic E-state index is 0.233. The van der Waals surface area contributed by atoms with Gasteiger partial charge in [0.25, 0.3) is 0 Å². The molecule has 138 valence electrons. The average molecular weight is 383 g/mol. The van der Waals surface area contributed by atoms with Gasteiger partial charge in [-0.15, -0.1) is 5.92 Å². The van der Waals surface area contributed by atoms with Gasteiger partial charge in [-0.2, -0.15) is 0 Å². The molecular formula is C21H19ClN2O3. The number of Topliss-reactive ketones (excluding diaryl/α,β-unsaturated/α-hetero) is 1. The van der Waals surface area contributed by atoms with Crippen molar-refractivity contribution in [2.45, 2.75) is 32.2 Å². The number of hydrogen-bond donors (Lipinski definition) is 1. The summed E-state index contributed by atoms with van der Waals surface area (Å²) in [6, 6.07) is 8.20. The molecule has 2 aromatic rings. The second kappa shape index (κ2) is 8.24. The Kier molecular flexibility index (Phi) is 5.78. The lowest BCUT2D eigenvalue weighted by Gasteiger charge is -2.16. The van der Waals surface area contributed by atoms with E-state index in [1.165, 1.54) is 0 Å². The fourth-order valence-corrected chi connectivity index (χ4v) is 3.49. The normalized spacial score (nSPS) is 18.6. The molecule has 1 N–H and O–H groups in total. The lowest BCUT2D eigenvalue weighted by atomic mass is 9.91. The van der Waals surface area contributed by atoms with Crippen LogP contribution in [0.4, 0.5) is 0 Å². The molecule has 0 radical (unpaired) electrons. The largest absolute Gasteiger partial charge is 0.493 e. The molecule has 27 heavy (non-hydrogen) atoms. The predicted molar refractivity (Wildman–Crippen MR) is 103 cm³/mol. The van der Waals surface area contributed by atoms with Gasteiger partial charge < -0.3 is 10.1 Å². The summed E-state index contributed by atoms with van der Waals surface area (Å²) in [4.78, 5) is 29.8. The first-order valence-electron chi connectivity index (χ1n) is 8.68. The maximum atomic E-state index is 13.0. The maximum Gasteiger partial charge on any atom is 0.235 e. The standard InChI is InChI=1S/C21H19ClN2O3/c1-3-7-13-10-15(22)18(17(11-13)27-4-2)19-20(25)16(24-21(19)26)12-14-8-5-6-9-23-14/h5-6,8-11,16,19H,4,12H2,1-2H3,(H,24,26). The zero-order valence-corrected chi connectivity index (χ0v) is 15.8. The van der Waals surface area contributed by atoms with E-state index < -0.39 is 12.0 Å². The van der Waals surface area contributed by atoms with E-state index in [0.717, 1.165) is 5.69 Å². The van der Waals surface area contributed by atoms with Gasteiger partial charge in [0, 0.05) is 34.5 Å². The highest BCUT2D eigenvalue weighted by atomic mass is 35.5. The lowest BCUT2D eigenvalue weighted by Crippen LogP contribution is -2.31. The van der Waals surface area contributed by atoms with Crippen molar-refractivity contribution in [3.8, 4) is 17.6 Å². The molecule has 5 nitrogen and oxygen atoms in total. The van der Waals surface area contributed by atoms with E-state index >= 15 is 0 Å². The molecule has 1 aromatic carbocycles. The van der Waals surface area contributed by atoms with Gasteiger partial charge in [-0.3, -0.25) is 14.6 Å². The minimum atomic E-state index is -1.00. The van der Waals surface area contributed by atoms with Gasteiger partial charge in [0.1, 0.15) is 11.7 Å². The summed E-state index contributed by atoms with van der Waals surface area (Å²) in [5, 5.41) is 3.06. The van der Waals surface area contributed by atoms with Crippen molar-refractivity contribution >= 4 is 23.3 Å². The van der Waals surface area contributed by atoms with Crippen LogP contribution in [0.25, 0.3) is 0 Å². The van der Waals surface area contributed by atoms with E-state index in [0.29, 0.717) is 34.9 Å². The minimum Gasteiger partial charge on any atom is -0.493 e. The maximum absolute atomic E-state index is 13.0. The molecule has 0 spiro atoms. The molecule has 1 aromatic heterocycles. The van der Waals surface area contributed by atoms with Gasteiger partial charge in [-0.1, -0.05) is 23.6 Å². The molecule has 2 heterocycles. The number of ether oxygens (including phenoxy) is 1. The van der Waals surface area contributed by atoms with E-state index in [1.807, 2.05) is 19.1 Å². The van der Waals surface area contributed by atoms with Crippen molar-refractivity contribution in [1.82, 2.24) is 10.3 Å². The number of benzene rings is 1. The molecule has 3 rings (SSSR count). The SMILES string of the molecule is CC#Cc1cc(Cl)c(C2C(=O)NC(Cc3ccccn3)C2=O)c(OCC)c1. The number of hydrogen-bond acceptors (Lipinski definition) is 4. The van der Waals surface area contributed by atoms with E-state index in [4.69, 9.17) is 16.3 Å². The third-order valence-corrected chi connectivity index (χ3v) is 4.61. The van der Waals surface area contributed by atoms with E-state index in [2.05, 4.69) is 22.1 Å². The van der Waals surface area contributed by atoms with Crippen molar-refractivity contribution in [3.63, 3.8) is 0 Å². The summed E-state index contributed by atoms with van der Waals surface area (Å²) in [5.74, 6) is 4.52. The third-order valence-electron chi connectivity index (χ3n) is 4.30. The fraction of sp³-hybridized carbons (Fsp3) is 0.286. The summed E-state index contributed by atoms with van der Waals surface area (Å²) in [6.45, 7) is 3.93. The van der Waals surface area contributed by atoms with E-state index in [9.17, 15) is 9.59 Å². The summed E-state index contributed by atoms with van der Waals surface area (Å²) < 4.78 is 5.67. The molecule has 0 aliphatic carbocycles. The number of rotatable bonds is 5. The number of nitrogens with zero attached hydrogens (tertiary/aromatic N) is 1. The Morgan fingerprint density at radius 3 is 2.78 bits per heavy atom. The highest BCUT2D eigenvalue weighted by Gasteiger charge is 2.44. The summed E-state index contributed by atoms with van der Waals surface area (Å²) >= 11 is 6.43. The van der Waals surface area contributed by atoms with Crippen molar-refractivity contribution in [1.29, 1.82) is 0 Å². The summed E-state index contributed by atoms with van der Waals surface area (Å²) in [7, 11) is 0. The molecule has 2 unspecified atom stereocenters. The first-order valence-corrected chi connectivity index (χ1v) is 9.06. The smallest absolute Gasteiger partial charge is 0.235 e. The van der Waals surface area contributed by atoms with Gasteiger partial charge in [-0.25, -0.2) is 0 Å².